The molecule has 0 bridgehead atoms. The molecule has 0 spiro atoms. The van der Waals surface area contributed by atoms with Crippen LogP contribution in [-0.2, 0) is 60.2 Å². The molecule has 0 saturated carbocycles. The second-order valence-corrected chi connectivity index (χ2v) is 19.7. The lowest BCUT2D eigenvalue weighted by Crippen LogP contribution is -2.26. The minimum atomic E-state index is -6.11. The largest absolute Gasteiger partial charge is 0.587 e. The van der Waals surface area contributed by atoms with E-state index in [2.05, 4.69) is 17.8 Å². The molecule has 0 aromatic heterocycles. The Kier molecular flexibility index (Phi) is 28.4. The molecule has 0 amide bonds. The first-order chi connectivity index (χ1) is 34.0. The number of hydrogen-bond donors (Lipinski definition) is 1. The summed E-state index contributed by atoms with van der Waals surface area (Å²) in [7, 11) is -18.2. The summed E-state index contributed by atoms with van der Waals surface area (Å²) in [4.78, 5) is 19.5. The van der Waals surface area contributed by atoms with Crippen molar-refractivity contribution in [2.45, 2.75) is 60.2 Å². The fourth-order valence-electron chi connectivity index (χ4n) is 4.31. The van der Waals surface area contributed by atoms with E-state index in [1.165, 1.54) is 36.8 Å². The molecule has 404 valence electrons. The molecule has 1 N–H and O–H groups in total. The maximum atomic E-state index is 12.6. The fraction of sp³-hybridized carbons (Fsp3) is 0.289. The number of phosphoric ester groups is 3. The van der Waals surface area contributed by atoms with Gasteiger partial charge in [0.25, 0.3) is 0 Å². The van der Waals surface area contributed by atoms with Crippen LogP contribution in [0.25, 0.3) is 0 Å². The van der Waals surface area contributed by atoms with Crippen LogP contribution in [0.5, 0.6) is 28.7 Å². The van der Waals surface area contributed by atoms with E-state index in [1.54, 1.807) is 99.6 Å². The van der Waals surface area contributed by atoms with E-state index in [-0.39, 0.29) is 32.2 Å². The topological polar surface area (TPSA) is 232 Å². The Morgan fingerprint density at radius 3 is 1.10 bits per heavy atom. The maximum absolute atomic E-state index is 12.6. The summed E-state index contributed by atoms with van der Waals surface area (Å²) >= 11 is 0. The Morgan fingerprint density at radius 1 is 0.493 bits per heavy atom. The molecule has 2 unspecified atom stereocenters. The number of aryl methyl sites for hydroxylation is 2. The minimum Gasteiger partial charge on any atom is -0.508 e. The molecular weight excluding hydrogens is 1070 g/mol. The van der Waals surface area contributed by atoms with Crippen LogP contribution in [0, 0.1) is 13.8 Å². The van der Waals surface area contributed by atoms with Crippen LogP contribution in [0.15, 0.2) is 140 Å². The number of esters is 2. The number of alkyl halides is 6. The molecule has 5 aromatic rings. The van der Waals surface area contributed by atoms with Crippen LogP contribution in [0.2, 0.25) is 0 Å². The van der Waals surface area contributed by atoms with Crippen LogP contribution < -0.4 is 18.1 Å². The molecule has 73 heavy (non-hydrogen) atoms. The van der Waals surface area contributed by atoms with Gasteiger partial charge in [0.1, 0.15) is 28.7 Å². The lowest BCUT2D eigenvalue weighted by Gasteiger charge is -2.18. The first-order valence-electron chi connectivity index (χ1n) is 21.0. The van der Waals surface area contributed by atoms with Crippen molar-refractivity contribution in [2.24, 2.45) is 0 Å². The summed E-state index contributed by atoms with van der Waals surface area (Å²) in [6.45, 7) is 11.6. The van der Waals surface area contributed by atoms with Gasteiger partial charge in [-0.25, -0.2) is 18.5 Å². The minimum absolute atomic E-state index is 0.165. The Hall–Kier alpha value is -5.74. The van der Waals surface area contributed by atoms with E-state index in [0.29, 0.717) is 29.9 Å². The highest BCUT2D eigenvalue weighted by Gasteiger charge is 2.53. The molecule has 2 atom stereocenters. The van der Waals surface area contributed by atoms with Gasteiger partial charge in [-0.1, -0.05) is 90.0 Å². The van der Waals surface area contributed by atoms with Crippen LogP contribution >= 0.6 is 23.5 Å². The monoisotopic (exact) mass is 1120 g/mol. The predicted octanol–water partition coefficient (Wildman–Crippen LogP) is 13.3. The molecule has 0 aliphatic carbocycles. The molecule has 5 aromatic carbocycles. The summed E-state index contributed by atoms with van der Waals surface area (Å²) in [6.07, 6.45) is -5.09. The molecular formula is C45H53F6O18P3S. The van der Waals surface area contributed by atoms with Gasteiger partial charge in [-0.3, -0.25) is 22.9 Å². The average molecular weight is 1120 g/mol. The van der Waals surface area contributed by atoms with E-state index in [4.69, 9.17) is 32.2 Å². The predicted molar refractivity (Wildman–Crippen MR) is 254 cm³/mol. The first-order valence-corrected chi connectivity index (χ1v) is 26.8. The second-order valence-electron chi connectivity index (χ2n) is 13.3. The van der Waals surface area contributed by atoms with Crippen LogP contribution in [0.4, 0.5) is 26.3 Å². The van der Waals surface area contributed by atoms with Gasteiger partial charge in [-0.05, 0) is 102 Å². The number of phosphoric acid groups is 3. The normalized spacial score (nSPS) is 12.8. The third kappa shape index (κ3) is 27.8. The number of hydrogen-bond acceptors (Lipinski definition) is 18. The molecule has 0 fully saturated rings. The third-order valence-corrected chi connectivity index (χ3v) is 13.4. The van der Waals surface area contributed by atoms with Crippen molar-refractivity contribution in [1.29, 1.82) is 0 Å². The van der Waals surface area contributed by atoms with Crippen molar-refractivity contribution in [1.82, 2.24) is 0 Å². The highest BCUT2D eigenvalue weighted by atomic mass is 32.2. The summed E-state index contributed by atoms with van der Waals surface area (Å²) in [5, 5.41) is 8.76. The lowest BCUT2D eigenvalue weighted by atomic mass is 10.2. The molecule has 28 heteroatoms. The molecule has 0 radical (unpaired) electrons. The van der Waals surface area contributed by atoms with Gasteiger partial charge in [0.2, 0.25) is 0 Å². The molecule has 0 saturated heterocycles. The van der Waals surface area contributed by atoms with E-state index in [0.717, 1.165) is 5.56 Å². The number of phenolic OH excluding ortho intramolecular Hbond substituents is 1. The SMILES string of the molecule is CC(=O)OC(=O)C(F)(F)F.CCOP(=O)(OCC)Oc1ccccc1.CCOP(=O)(Oc1ccccc1)OS(=O)(=O)C(F)(F)F.CCOP(=O)(Oc1ccccc1)Oc1ccc(C)cc1.Cc1ccc(O)cc1. The summed E-state index contributed by atoms with van der Waals surface area (Å²) in [5.74, 6) is -2.23. The van der Waals surface area contributed by atoms with E-state index >= 15 is 0 Å². The van der Waals surface area contributed by atoms with Gasteiger partial charge < -0.3 is 27.9 Å². The van der Waals surface area contributed by atoms with Crippen molar-refractivity contribution in [3.8, 4) is 28.7 Å². The summed E-state index contributed by atoms with van der Waals surface area (Å²) < 4.78 is 175. The third-order valence-electron chi connectivity index (χ3n) is 7.24. The van der Waals surface area contributed by atoms with Crippen LogP contribution in [-0.4, -0.2) is 63.6 Å². The number of ether oxygens (including phenoxy) is 1. The van der Waals surface area contributed by atoms with Gasteiger partial charge in [-0.2, -0.15) is 34.8 Å². The zero-order chi connectivity index (χ0) is 55.4. The van der Waals surface area contributed by atoms with Crippen molar-refractivity contribution >= 4 is 45.5 Å². The first kappa shape index (κ1) is 65.3. The van der Waals surface area contributed by atoms with Crippen LogP contribution in [0.3, 0.4) is 0 Å². The van der Waals surface area contributed by atoms with Gasteiger partial charge in [0.05, 0.1) is 26.4 Å². The standard InChI is InChI=1S/C15H17O4P.C10H15O4P.C9H10F3O6PS.C7H8O.C4H3F3O3/c1-3-17-20(16,18-14-7-5-4-6-8-14)19-15-11-9-13(2)10-12-15;1-3-12-15(11,13-4-2)14-10-8-6-5-7-9-10;1-2-16-19(13,17-8-6-4-3-5-7-8)18-20(14,15)9(10,11)12;1-6-2-4-7(8)5-3-6;1-2(8)10-3(9)4(5,6)7/h4-12H,3H2,1-2H3;5-9H,3-4H2,1-2H3;3-7H,2H2,1H3;2-5,8H,1H3;1H3. The molecule has 0 aliphatic rings. The summed E-state index contributed by atoms with van der Waals surface area (Å²) in [6, 6.07) is 38.9. The van der Waals surface area contributed by atoms with Crippen molar-refractivity contribution in [2.75, 3.05) is 26.4 Å². The van der Waals surface area contributed by atoms with Gasteiger partial charge in [0, 0.05) is 6.92 Å². The smallest absolute Gasteiger partial charge is 0.508 e. The zero-order valence-corrected chi connectivity index (χ0v) is 43.5. The Morgan fingerprint density at radius 2 is 0.795 bits per heavy atom. The number of carbonyl (C=O) groups is 2. The summed E-state index contributed by atoms with van der Waals surface area (Å²) in [5.41, 5.74) is -3.48. The van der Waals surface area contributed by atoms with E-state index in [1.807, 2.05) is 50.2 Å². The quantitative estimate of drug-likeness (QED) is 0.0282. The van der Waals surface area contributed by atoms with Gasteiger partial charge in [0.15, 0.2) is 0 Å². The van der Waals surface area contributed by atoms with Crippen molar-refractivity contribution in [3.63, 3.8) is 0 Å². The molecule has 18 nitrogen and oxygen atoms in total. The number of phenols is 1. The molecule has 0 heterocycles. The Bertz CT molecular complexity index is 2600. The van der Waals surface area contributed by atoms with Gasteiger partial charge in [-0.15, -0.1) is 3.97 Å². The number of rotatable bonds is 18. The highest BCUT2D eigenvalue weighted by molar-refractivity contribution is 7.91. The van der Waals surface area contributed by atoms with Crippen molar-refractivity contribution in [3.05, 3.63) is 151 Å². The molecule has 0 aliphatic heterocycles. The lowest BCUT2D eigenvalue weighted by molar-refractivity contribution is -0.201. The maximum Gasteiger partial charge on any atom is 0.587 e. The number of aromatic hydroxyl groups is 1. The fourth-order valence-corrected chi connectivity index (χ4v) is 9.07. The van der Waals surface area contributed by atoms with Gasteiger partial charge >= 0.3 is 57.2 Å². The molecule has 5 rings (SSSR count). The van der Waals surface area contributed by atoms with Crippen LogP contribution in [0.1, 0.15) is 45.7 Å². The highest BCUT2D eigenvalue weighted by Crippen LogP contribution is 2.53. The Labute approximate surface area is 418 Å². The number of halogens is 6. The zero-order valence-electron chi connectivity index (χ0n) is 40.0. The number of benzene rings is 5. The number of para-hydroxylation sites is 3. The van der Waals surface area contributed by atoms with Crippen molar-refractivity contribution < 1.29 is 108 Å². The number of carbonyl (C=O) groups excluding carboxylic acids is 2. The van der Waals surface area contributed by atoms with E-state index in [9.17, 15) is 58.0 Å². The second kappa shape index (κ2) is 31.8. The average Bonchev–Trinajstić information content (AvgIpc) is 3.29. The van der Waals surface area contributed by atoms with E-state index < -0.39 is 57.2 Å². The Balaban J connectivity index is 0.000000474.